The molecule has 0 spiro atoms. The van der Waals surface area contributed by atoms with Crippen LogP contribution in [0.2, 0.25) is 0 Å². The fraction of sp³-hybridized carbons (Fsp3) is 0.435. The van der Waals surface area contributed by atoms with E-state index in [-0.39, 0.29) is 11.9 Å². The number of ether oxygens (including phenoxy) is 2. The van der Waals surface area contributed by atoms with Gasteiger partial charge in [-0.2, -0.15) is 5.10 Å². The van der Waals surface area contributed by atoms with Crippen molar-refractivity contribution in [1.29, 1.82) is 0 Å². The lowest BCUT2D eigenvalue weighted by atomic mass is 9.98. The first-order chi connectivity index (χ1) is 14.7. The highest BCUT2D eigenvalue weighted by atomic mass is 16.6. The van der Waals surface area contributed by atoms with Crippen LogP contribution in [0.1, 0.15) is 65.8 Å². The molecule has 1 aliphatic carbocycles. The summed E-state index contributed by atoms with van der Waals surface area (Å²) in [6, 6.07) is 5.58. The number of nitrogens with one attached hydrogen (secondary N) is 1. The standard InChI is InChI=1S/C23H26N4O3/c1-15(16-8-9-20-21(12-16)30-11-10-29-20)26-23(28)18-14-25-27-19-7-5-3-2-4-6-17(19)13-24-22(18)27/h8-9,12-15H,2-7,10-11H2,1H3,(H,26,28). The molecule has 0 bridgehead atoms. The summed E-state index contributed by atoms with van der Waals surface area (Å²) in [5.74, 6) is 1.29. The summed E-state index contributed by atoms with van der Waals surface area (Å²) in [5, 5.41) is 7.59. The van der Waals surface area contributed by atoms with Gasteiger partial charge >= 0.3 is 0 Å². The Kier molecular flexibility index (Phi) is 5.02. The lowest BCUT2D eigenvalue weighted by molar-refractivity contribution is 0.0941. The molecule has 3 aromatic rings. The Morgan fingerprint density at radius 1 is 1.07 bits per heavy atom. The molecule has 1 N–H and O–H groups in total. The third kappa shape index (κ3) is 3.49. The SMILES string of the molecule is CC(NC(=O)c1cnn2c3c(cnc12)CCCCCC3)c1ccc2c(c1)OCCO2. The zero-order valence-corrected chi connectivity index (χ0v) is 17.2. The smallest absolute Gasteiger partial charge is 0.257 e. The summed E-state index contributed by atoms with van der Waals surface area (Å²) in [7, 11) is 0. The van der Waals surface area contributed by atoms with Crippen molar-refractivity contribution in [1.82, 2.24) is 19.9 Å². The van der Waals surface area contributed by atoms with Gasteiger partial charge in [0.15, 0.2) is 17.1 Å². The van der Waals surface area contributed by atoms with E-state index in [4.69, 9.17) is 9.47 Å². The largest absolute Gasteiger partial charge is 0.486 e. The molecule has 1 unspecified atom stereocenters. The minimum absolute atomic E-state index is 0.175. The number of nitrogens with zero attached hydrogens (tertiary/aromatic N) is 3. The van der Waals surface area contributed by atoms with Crippen LogP contribution in [0, 0.1) is 0 Å². The molecule has 1 aliphatic heterocycles. The molecule has 0 radical (unpaired) electrons. The van der Waals surface area contributed by atoms with Crippen LogP contribution in [0.3, 0.4) is 0 Å². The number of carbonyl (C=O) groups excluding carboxylic acids is 1. The van der Waals surface area contributed by atoms with E-state index in [1.54, 1.807) is 6.20 Å². The number of aromatic nitrogens is 3. The van der Waals surface area contributed by atoms with Gasteiger partial charge in [0.2, 0.25) is 0 Å². The van der Waals surface area contributed by atoms with Gasteiger partial charge in [0.1, 0.15) is 18.8 Å². The molecule has 156 valence electrons. The number of aryl methyl sites for hydroxylation is 2. The fourth-order valence-electron chi connectivity index (χ4n) is 4.30. The van der Waals surface area contributed by atoms with Crippen LogP contribution in [0.25, 0.3) is 5.65 Å². The van der Waals surface area contributed by atoms with E-state index in [0.717, 1.165) is 36.3 Å². The second-order valence-corrected chi connectivity index (χ2v) is 8.04. The van der Waals surface area contributed by atoms with Gasteiger partial charge in [-0.1, -0.05) is 18.9 Å². The van der Waals surface area contributed by atoms with Gasteiger partial charge in [-0.15, -0.1) is 0 Å². The Morgan fingerprint density at radius 2 is 1.87 bits per heavy atom. The van der Waals surface area contributed by atoms with Crippen LogP contribution < -0.4 is 14.8 Å². The normalized spacial score (nSPS) is 17.0. The number of fused-ring (bicyclic) bond motifs is 4. The zero-order valence-electron chi connectivity index (χ0n) is 17.2. The molecule has 0 fully saturated rings. The number of carbonyl (C=O) groups is 1. The van der Waals surface area contributed by atoms with Crippen LogP contribution >= 0.6 is 0 Å². The van der Waals surface area contributed by atoms with Crippen molar-refractivity contribution < 1.29 is 14.3 Å². The van der Waals surface area contributed by atoms with Crippen LogP contribution in [0.15, 0.2) is 30.6 Å². The fourth-order valence-corrected chi connectivity index (χ4v) is 4.30. The van der Waals surface area contributed by atoms with Crippen LogP contribution in [-0.4, -0.2) is 33.7 Å². The van der Waals surface area contributed by atoms with Gasteiger partial charge < -0.3 is 14.8 Å². The summed E-state index contributed by atoms with van der Waals surface area (Å²) in [4.78, 5) is 17.6. The third-order valence-electron chi connectivity index (χ3n) is 5.98. The molecule has 2 aromatic heterocycles. The van der Waals surface area contributed by atoms with Gasteiger partial charge in [0.05, 0.1) is 12.2 Å². The first-order valence-electron chi connectivity index (χ1n) is 10.8. The van der Waals surface area contributed by atoms with Crippen LogP contribution in [0.5, 0.6) is 11.5 Å². The van der Waals surface area contributed by atoms with Crippen molar-refractivity contribution in [2.45, 2.75) is 51.5 Å². The maximum Gasteiger partial charge on any atom is 0.257 e. The lowest BCUT2D eigenvalue weighted by Crippen LogP contribution is -2.27. The Hall–Kier alpha value is -3.09. The minimum Gasteiger partial charge on any atom is -0.486 e. The van der Waals surface area contributed by atoms with Gasteiger partial charge in [-0.25, -0.2) is 9.50 Å². The van der Waals surface area contributed by atoms with E-state index in [1.165, 1.54) is 30.5 Å². The first-order valence-corrected chi connectivity index (χ1v) is 10.8. The summed E-state index contributed by atoms with van der Waals surface area (Å²) >= 11 is 0. The van der Waals surface area contributed by atoms with Crippen molar-refractivity contribution in [2.75, 3.05) is 13.2 Å². The van der Waals surface area contributed by atoms with Crippen molar-refractivity contribution >= 4 is 11.6 Å². The third-order valence-corrected chi connectivity index (χ3v) is 5.98. The number of hydrogen-bond acceptors (Lipinski definition) is 5. The molecule has 3 heterocycles. The van der Waals surface area contributed by atoms with E-state index in [1.807, 2.05) is 35.8 Å². The summed E-state index contributed by atoms with van der Waals surface area (Å²) in [6.45, 7) is 3.05. The summed E-state index contributed by atoms with van der Waals surface area (Å²) in [5.41, 5.74) is 4.54. The second kappa shape index (κ2) is 7.97. The van der Waals surface area contributed by atoms with Gasteiger partial charge in [0, 0.05) is 11.9 Å². The van der Waals surface area contributed by atoms with Crippen molar-refractivity contribution in [2.24, 2.45) is 0 Å². The molecule has 30 heavy (non-hydrogen) atoms. The number of rotatable bonds is 3. The molecule has 5 rings (SSSR count). The monoisotopic (exact) mass is 406 g/mol. The summed E-state index contributed by atoms with van der Waals surface area (Å²) in [6.07, 6.45) is 10.4. The second-order valence-electron chi connectivity index (χ2n) is 8.04. The first kappa shape index (κ1) is 18.9. The zero-order chi connectivity index (χ0) is 20.5. The lowest BCUT2D eigenvalue weighted by Gasteiger charge is -2.21. The molecule has 0 saturated heterocycles. The molecular formula is C23H26N4O3. The number of benzene rings is 1. The van der Waals surface area contributed by atoms with E-state index in [9.17, 15) is 4.79 Å². The molecule has 1 aromatic carbocycles. The quantitative estimate of drug-likeness (QED) is 0.718. The average molecular weight is 406 g/mol. The molecule has 0 saturated carbocycles. The Balaban J connectivity index is 1.39. The van der Waals surface area contributed by atoms with Crippen molar-refractivity contribution in [3.8, 4) is 11.5 Å². The van der Waals surface area contributed by atoms with Gasteiger partial charge in [0.25, 0.3) is 5.91 Å². The Labute approximate surface area is 175 Å². The highest BCUT2D eigenvalue weighted by Crippen LogP contribution is 2.32. The topological polar surface area (TPSA) is 77.8 Å². The Morgan fingerprint density at radius 3 is 2.73 bits per heavy atom. The molecule has 1 amide bonds. The highest BCUT2D eigenvalue weighted by molar-refractivity contribution is 5.99. The van der Waals surface area contributed by atoms with Crippen molar-refractivity contribution in [3.63, 3.8) is 0 Å². The molecule has 7 heteroatoms. The maximum atomic E-state index is 13.0. The number of amides is 1. The van der Waals surface area contributed by atoms with E-state index in [2.05, 4.69) is 15.4 Å². The van der Waals surface area contributed by atoms with Gasteiger partial charge in [-0.05, 0) is 55.9 Å². The molecule has 7 nitrogen and oxygen atoms in total. The van der Waals surface area contributed by atoms with Crippen molar-refractivity contribution in [3.05, 3.63) is 53.0 Å². The maximum absolute atomic E-state index is 13.0. The summed E-state index contributed by atoms with van der Waals surface area (Å²) < 4.78 is 13.1. The molecule has 2 aliphatic rings. The number of hydrogen-bond donors (Lipinski definition) is 1. The highest BCUT2D eigenvalue weighted by Gasteiger charge is 2.21. The van der Waals surface area contributed by atoms with E-state index < -0.39 is 0 Å². The van der Waals surface area contributed by atoms with E-state index >= 15 is 0 Å². The van der Waals surface area contributed by atoms with Gasteiger partial charge in [-0.3, -0.25) is 4.79 Å². The molecular weight excluding hydrogens is 380 g/mol. The predicted octanol–water partition coefficient (Wildman–Crippen LogP) is 3.65. The van der Waals surface area contributed by atoms with Crippen LogP contribution in [0.4, 0.5) is 0 Å². The molecule has 1 atom stereocenters. The van der Waals surface area contributed by atoms with Crippen LogP contribution in [-0.2, 0) is 12.8 Å². The predicted molar refractivity (Wildman–Crippen MR) is 112 cm³/mol. The minimum atomic E-state index is -0.187. The Bertz CT molecular complexity index is 1090. The van der Waals surface area contributed by atoms with E-state index in [0.29, 0.717) is 24.4 Å². The average Bonchev–Trinajstić information content (AvgIpc) is 3.18.